The van der Waals surface area contributed by atoms with Gasteiger partial charge in [0, 0.05) is 0 Å². The third-order valence-electron chi connectivity index (χ3n) is 3.45. The van der Waals surface area contributed by atoms with Crippen LogP contribution >= 0.6 is 11.6 Å². The average molecular weight is 295 g/mol. The molecule has 0 N–H and O–H groups in total. The van der Waals surface area contributed by atoms with Gasteiger partial charge in [-0.1, -0.05) is 56.2 Å². The van der Waals surface area contributed by atoms with Crippen LogP contribution in [-0.2, 0) is 9.47 Å². The van der Waals surface area contributed by atoms with Crippen LogP contribution in [0.2, 0.25) is 0 Å². The van der Waals surface area contributed by atoms with Gasteiger partial charge in [0.05, 0.1) is 18.6 Å². The number of rotatable bonds is 7. The Labute approximate surface area is 126 Å². The molecule has 1 aliphatic rings. The van der Waals surface area contributed by atoms with E-state index in [1.54, 1.807) is 0 Å². The Morgan fingerprint density at radius 2 is 2.10 bits per heavy atom. The lowest BCUT2D eigenvalue weighted by Gasteiger charge is -2.15. The predicted molar refractivity (Wildman–Crippen MR) is 83.9 cm³/mol. The summed E-state index contributed by atoms with van der Waals surface area (Å²) in [5.74, 6) is 0.490. The molecule has 0 spiro atoms. The van der Waals surface area contributed by atoms with Crippen LogP contribution < -0.4 is 0 Å². The van der Waals surface area contributed by atoms with Gasteiger partial charge in [-0.15, -0.1) is 11.6 Å². The molecule has 0 aromatic heterocycles. The van der Waals surface area contributed by atoms with E-state index in [9.17, 15) is 0 Å². The summed E-state index contributed by atoms with van der Waals surface area (Å²) in [6.45, 7) is 2.81. The second-order valence-electron chi connectivity index (χ2n) is 5.16. The number of hydrogen-bond acceptors (Lipinski definition) is 2. The van der Waals surface area contributed by atoms with Crippen molar-refractivity contribution in [1.29, 1.82) is 0 Å². The third kappa shape index (κ3) is 4.62. The summed E-state index contributed by atoms with van der Waals surface area (Å²) in [5, 5.41) is 0. The summed E-state index contributed by atoms with van der Waals surface area (Å²) in [5.41, 5.74) is 2.41. The average Bonchev–Trinajstić information content (AvgIpc) is 2.96. The smallest absolute Gasteiger partial charge is 0.180 e. The number of alkyl halides is 1. The molecule has 20 heavy (non-hydrogen) atoms. The Kier molecular flexibility index (Phi) is 6.58. The Morgan fingerprint density at radius 3 is 2.75 bits per heavy atom. The molecule has 1 heterocycles. The van der Waals surface area contributed by atoms with Crippen molar-refractivity contribution in [1.82, 2.24) is 0 Å². The van der Waals surface area contributed by atoms with Crippen molar-refractivity contribution in [2.45, 2.75) is 45.0 Å². The van der Waals surface area contributed by atoms with Crippen molar-refractivity contribution in [3.8, 4) is 0 Å². The molecular formula is C17H23ClO2. The van der Waals surface area contributed by atoms with Gasteiger partial charge in [0.1, 0.15) is 0 Å². The number of unbranched alkanes of at least 4 members (excludes halogenated alkanes) is 2. The predicted octanol–water partition coefficient (Wildman–Crippen LogP) is 4.63. The van der Waals surface area contributed by atoms with Crippen molar-refractivity contribution < 1.29 is 9.47 Å². The molecule has 1 aromatic carbocycles. The van der Waals surface area contributed by atoms with Crippen molar-refractivity contribution in [2.75, 3.05) is 12.5 Å². The number of benzene rings is 1. The molecule has 110 valence electrons. The van der Waals surface area contributed by atoms with Gasteiger partial charge in [-0.3, -0.25) is 0 Å². The van der Waals surface area contributed by atoms with Crippen LogP contribution in [0.15, 0.2) is 35.9 Å². The Balaban J connectivity index is 2.06. The quantitative estimate of drug-likeness (QED) is 0.539. The first-order chi connectivity index (χ1) is 9.83. The molecule has 1 aliphatic heterocycles. The zero-order valence-electron chi connectivity index (χ0n) is 12.1. The van der Waals surface area contributed by atoms with Crippen molar-refractivity contribution in [3.05, 3.63) is 41.5 Å². The van der Waals surface area contributed by atoms with Crippen LogP contribution in [0, 0.1) is 0 Å². The van der Waals surface area contributed by atoms with Crippen molar-refractivity contribution in [3.63, 3.8) is 0 Å². The van der Waals surface area contributed by atoms with Crippen molar-refractivity contribution >= 4 is 17.7 Å². The topological polar surface area (TPSA) is 18.5 Å². The maximum atomic E-state index is 5.85. The van der Waals surface area contributed by atoms with E-state index in [4.69, 9.17) is 21.1 Å². The number of ether oxygens (including phenoxy) is 2. The van der Waals surface area contributed by atoms with Gasteiger partial charge in [0.15, 0.2) is 6.29 Å². The second-order valence-corrected chi connectivity index (χ2v) is 5.47. The fraction of sp³-hybridized carbons (Fsp3) is 0.529. The van der Waals surface area contributed by atoms with Gasteiger partial charge in [0.2, 0.25) is 0 Å². The van der Waals surface area contributed by atoms with Gasteiger partial charge in [-0.05, 0) is 24.0 Å². The molecule has 2 atom stereocenters. The zero-order valence-corrected chi connectivity index (χ0v) is 12.8. The fourth-order valence-electron chi connectivity index (χ4n) is 2.32. The number of hydrogen-bond donors (Lipinski definition) is 0. The lowest BCUT2D eigenvalue weighted by Crippen LogP contribution is -2.15. The molecule has 0 radical (unpaired) electrons. The molecule has 0 saturated carbocycles. The van der Waals surface area contributed by atoms with Gasteiger partial charge < -0.3 is 9.47 Å². The Bertz CT molecular complexity index is 416. The minimum atomic E-state index is -0.226. The molecule has 2 unspecified atom stereocenters. The second kappa shape index (κ2) is 8.46. The molecule has 0 bridgehead atoms. The van der Waals surface area contributed by atoms with Crippen LogP contribution in [0.1, 0.15) is 38.2 Å². The van der Waals surface area contributed by atoms with Crippen LogP contribution in [0.3, 0.4) is 0 Å². The standard InChI is InChI=1S/C17H23ClO2/c1-2-3-5-10-15(11-14-8-6-4-7-9-14)17-19-13-16(12-18)20-17/h4,6-9,11,16-17H,2-3,5,10,12-13H2,1H3/b15-11+. The van der Waals surface area contributed by atoms with E-state index < -0.39 is 0 Å². The summed E-state index contributed by atoms with van der Waals surface area (Å²) < 4.78 is 11.6. The molecule has 2 rings (SSSR count). The first-order valence-electron chi connectivity index (χ1n) is 7.42. The largest absolute Gasteiger partial charge is 0.346 e. The molecule has 1 fully saturated rings. The highest BCUT2D eigenvalue weighted by atomic mass is 35.5. The highest BCUT2D eigenvalue weighted by Gasteiger charge is 2.27. The maximum absolute atomic E-state index is 5.85. The molecule has 1 aromatic rings. The minimum Gasteiger partial charge on any atom is -0.346 e. The van der Waals surface area contributed by atoms with E-state index in [0.29, 0.717) is 12.5 Å². The first-order valence-corrected chi connectivity index (χ1v) is 7.95. The van der Waals surface area contributed by atoms with E-state index in [1.165, 1.54) is 30.4 Å². The molecule has 3 heteroatoms. The van der Waals surface area contributed by atoms with Crippen LogP contribution in [-0.4, -0.2) is 24.9 Å². The lowest BCUT2D eigenvalue weighted by atomic mass is 10.0. The summed E-state index contributed by atoms with van der Waals surface area (Å²) in [4.78, 5) is 0. The molecule has 0 amide bonds. The Morgan fingerprint density at radius 1 is 1.30 bits per heavy atom. The SMILES string of the molecule is CCCCC/C(=C\c1ccccc1)C1OCC(CCl)O1. The summed E-state index contributed by atoms with van der Waals surface area (Å²) in [6.07, 6.45) is 6.62. The Hall–Kier alpha value is -0.830. The maximum Gasteiger partial charge on any atom is 0.180 e. The highest BCUT2D eigenvalue weighted by molar-refractivity contribution is 6.18. The zero-order chi connectivity index (χ0) is 14.2. The number of halogens is 1. The lowest BCUT2D eigenvalue weighted by molar-refractivity contribution is -0.0261. The van der Waals surface area contributed by atoms with Gasteiger partial charge in [-0.25, -0.2) is 0 Å². The van der Waals surface area contributed by atoms with Crippen LogP contribution in [0.4, 0.5) is 0 Å². The molecular weight excluding hydrogens is 272 g/mol. The van der Waals surface area contributed by atoms with Gasteiger partial charge >= 0.3 is 0 Å². The fourth-order valence-corrected chi connectivity index (χ4v) is 2.49. The van der Waals surface area contributed by atoms with E-state index in [2.05, 4.69) is 25.1 Å². The van der Waals surface area contributed by atoms with Gasteiger partial charge in [-0.2, -0.15) is 0 Å². The van der Waals surface area contributed by atoms with Gasteiger partial charge in [0.25, 0.3) is 0 Å². The third-order valence-corrected chi connectivity index (χ3v) is 3.79. The van der Waals surface area contributed by atoms with E-state index in [0.717, 1.165) is 6.42 Å². The monoisotopic (exact) mass is 294 g/mol. The van der Waals surface area contributed by atoms with Crippen LogP contribution in [0.25, 0.3) is 6.08 Å². The van der Waals surface area contributed by atoms with Crippen LogP contribution in [0.5, 0.6) is 0 Å². The van der Waals surface area contributed by atoms with E-state index in [-0.39, 0.29) is 12.4 Å². The molecule has 1 saturated heterocycles. The highest BCUT2D eigenvalue weighted by Crippen LogP contribution is 2.25. The molecule has 2 nitrogen and oxygen atoms in total. The normalized spacial score (nSPS) is 23.2. The van der Waals surface area contributed by atoms with Crippen molar-refractivity contribution in [2.24, 2.45) is 0 Å². The minimum absolute atomic E-state index is 0.0204. The summed E-state index contributed by atoms with van der Waals surface area (Å²) in [7, 11) is 0. The van der Waals surface area contributed by atoms with E-state index >= 15 is 0 Å². The summed E-state index contributed by atoms with van der Waals surface area (Å²) >= 11 is 5.84. The molecule has 0 aliphatic carbocycles. The first kappa shape index (κ1) is 15.6. The summed E-state index contributed by atoms with van der Waals surface area (Å²) in [6, 6.07) is 10.3. The van der Waals surface area contributed by atoms with E-state index in [1.807, 2.05) is 18.2 Å².